The molecule has 1 aliphatic heterocycles. The van der Waals surface area contributed by atoms with Gasteiger partial charge in [-0.3, -0.25) is 0 Å². The molecule has 0 spiro atoms. The largest absolute Gasteiger partial charge is 0.399 e. The van der Waals surface area contributed by atoms with Crippen LogP contribution in [0, 0.1) is 0 Å². The number of rotatable bonds is 0. The third-order valence-electron chi connectivity index (χ3n) is 1.72. The van der Waals surface area contributed by atoms with Gasteiger partial charge in [-0.05, 0) is 18.2 Å². The molecule has 1 heterocycles. The molecule has 3 heteroatoms. The van der Waals surface area contributed by atoms with Crippen molar-refractivity contribution in [1.82, 2.24) is 5.43 Å². The summed E-state index contributed by atoms with van der Waals surface area (Å²) in [5, 5.41) is 0. The molecule has 1 aromatic carbocycles. The second kappa shape index (κ2) is 1.92. The van der Waals surface area contributed by atoms with Crippen molar-refractivity contribution in [2.24, 2.45) is 0 Å². The summed E-state index contributed by atoms with van der Waals surface area (Å²) in [6.45, 7) is 3.81. The first-order valence-corrected chi connectivity index (χ1v) is 3.38. The maximum absolute atomic E-state index is 5.60. The molecule has 0 amide bonds. The number of nitrogen functional groups attached to an aromatic ring is 1. The van der Waals surface area contributed by atoms with Crippen molar-refractivity contribution in [2.75, 3.05) is 11.2 Å². The van der Waals surface area contributed by atoms with E-state index in [2.05, 4.69) is 17.4 Å². The van der Waals surface area contributed by atoms with Gasteiger partial charge in [0.2, 0.25) is 0 Å². The third kappa shape index (κ3) is 0.816. The van der Waals surface area contributed by atoms with Crippen LogP contribution in [-0.4, -0.2) is 0 Å². The van der Waals surface area contributed by atoms with Gasteiger partial charge in [0.25, 0.3) is 0 Å². The zero-order chi connectivity index (χ0) is 7.84. The lowest BCUT2D eigenvalue weighted by Gasteiger charge is -1.97. The van der Waals surface area contributed by atoms with Gasteiger partial charge in [0.1, 0.15) is 0 Å². The molecule has 0 fully saturated rings. The van der Waals surface area contributed by atoms with Crippen LogP contribution in [0.25, 0.3) is 5.70 Å². The van der Waals surface area contributed by atoms with E-state index in [4.69, 9.17) is 5.73 Å². The highest BCUT2D eigenvalue weighted by molar-refractivity contribution is 5.81. The fraction of sp³-hybridized carbons (Fsp3) is 0. The number of benzene rings is 1. The molecule has 2 rings (SSSR count). The number of hydrogen-bond donors (Lipinski definition) is 3. The molecule has 4 N–H and O–H groups in total. The summed E-state index contributed by atoms with van der Waals surface area (Å²) in [7, 11) is 0. The molecular formula is C8H9N3. The van der Waals surface area contributed by atoms with Gasteiger partial charge in [0.15, 0.2) is 0 Å². The maximum Gasteiger partial charge on any atom is 0.0634 e. The molecule has 56 valence electrons. The highest BCUT2D eigenvalue weighted by Crippen LogP contribution is 2.27. The number of hydrogen-bond acceptors (Lipinski definition) is 3. The summed E-state index contributed by atoms with van der Waals surface area (Å²) in [6.07, 6.45) is 0. The Morgan fingerprint density at radius 2 is 2.09 bits per heavy atom. The van der Waals surface area contributed by atoms with Crippen molar-refractivity contribution in [3.05, 3.63) is 30.3 Å². The maximum atomic E-state index is 5.60. The molecule has 1 aliphatic rings. The van der Waals surface area contributed by atoms with Crippen LogP contribution in [-0.2, 0) is 0 Å². The molecule has 0 bridgehead atoms. The predicted octanol–water partition coefficient (Wildman–Crippen LogP) is 1.17. The van der Waals surface area contributed by atoms with E-state index in [1.54, 1.807) is 0 Å². The highest BCUT2D eigenvalue weighted by Gasteiger charge is 2.11. The average Bonchev–Trinajstić information content (AvgIpc) is 2.33. The molecule has 11 heavy (non-hydrogen) atoms. The van der Waals surface area contributed by atoms with Crippen LogP contribution >= 0.6 is 0 Å². The van der Waals surface area contributed by atoms with Crippen LogP contribution in [0.1, 0.15) is 5.56 Å². The molecule has 0 radical (unpaired) electrons. The van der Waals surface area contributed by atoms with E-state index < -0.39 is 0 Å². The minimum atomic E-state index is 0.760. The molecule has 0 aliphatic carbocycles. The predicted molar refractivity (Wildman–Crippen MR) is 46.6 cm³/mol. The van der Waals surface area contributed by atoms with Crippen LogP contribution in [0.2, 0.25) is 0 Å². The minimum absolute atomic E-state index is 0.760. The summed E-state index contributed by atoms with van der Waals surface area (Å²) < 4.78 is 0. The first-order valence-electron chi connectivity index (χ1n) is 3.38. The summed E-state index contributed by atoms with van der Waals surface area (Å²) in [5.74, 6) is 0. The Labute approximate surface area is 64.9 Å². The van der Waals surface area contributed by atoms with E-state index in [0.717, 1.165) is 22.6 Å². The van der Waals surface area contributed by atoms with Crippen molar-refractivity contribution in [3.8, 4) is 0 Å². The molecular weight excluding hydrogens is 138 g/mol. The molecule has 0 unspecified atom stereocenters. The van der Waals surface area contributed by atoms with Gasteiger partial charge in [0, 0.05) is 11.3 Å². The summed E-state index contributed by atoms with van der Waals surface area (Å²) in [4.78, 5) is 0. The van der Waals surface area contributed by atoms with Gasteiger partial charge < -0.3 is 16.6 Å². The smallest absolute Gasteiger partial charge is 0.0634 e. The van der Waals surface area contributed by atoms with Crippen LogP contribution in [0.4, 0.5) is 11.4 Å². The molecule has 0 aromatic heterocycles. The Balaban J connectivity index is 2.60. The topological polar surface area (TPSA) is 50.1 Å². The van der Waals surface area contributed by atoms with E-state index in [1.807, 2.05) is 18.2 Å². The number of fused-ring (bicyclic) bond motifs is 1. The van der Waals surface area contributed by atoms with Gasteiger partial charge in [-0.2, -0.15) is 0 Å². The Bertz CT molecular complexity index is 317. The lowest BCUT2D eigenvalue weighted by Crippen LogP contribution is -2.09. The second-order valence-corrected chi connectivity index (χ2v) is 2.53. The van der Waals surface area contributed by atoms with E-state index in [0.29, 0.717) is 0 Å². The summed E-state index contributed by atoms with van der Waals surface area (Å²) >= 11 is 0. The summed E-state index contributed by atoms with van der Waals surface area (Å²) in [5.41, 5.74) is 15.2. The average molecular weight is 147 g/mol. The Morgan fingerprint density at radius 1 is 1.27 bits per heavy atom. The fourth-order valence-corrected chi connectivity index (χ4v) is 1.13. The van der Waals surface area contributed by atoms with Crippen LogP contribution < -0.4 is 16.6 Å². The number of anilines is 2. The van der Waals surface area contributed by atoms with Crippen molar-refractivity contribution in [3.63, 3.8) is 0 Å². The monoisotopic (exact) mass is 147 g/mol. The number of nitrogens with two attached hydrogens (primary N) is 1. The molecule has 0 saturated heterocycles. The van der Waals surface area contributed by atoms with Crippen LogP contribution in [0.3, 0.4) is 0 Å². The molecule has 0 atom stereocenters. The van der Waals surface area contributed by atoms with Crippen molar-refractivity contribution < 1.29 is 0 Å². The molecule has 1 aromatic rings. The van der Waals surface area contributed by atoms with Crippen molar-refractivity contribution in [2.45, 2.75) is 0 Å². The van der Waals surface area contributed by atoms with Gasteiger partial charge >= 0.3 is 0 Å². The first kappa shape index (κ1) is 6.09. The van der Waals surface area contributed by atoms with Gasteiger partial charge in [-0.15, -0.1) is 0 Å². The Kier molecular flexibility index (Phi) is 1.06. The number of nitrogens with one attached hydrogen (secondary N) is 2. The standard InChI is InChI=1S/C8H9N3/c1-5-7-4-6(9)2-3-8(7)11-10-5/h2-4,10-11H,1,9H2. The SMILES string of the molecule is C=C1NNc2ccc(N)cc21. The molecule has 3 nitrogen and oxygen atoms in total. The normalized spacial score (nSPS) is 13.6. The van der Waals surface area contributed by atoms with Crippen molar-refractivity contribution >= 4 is 17.1 Å². The Morgan fingerprint density at radius 3 is 2.91 bits per heavy atom. The molecule has 0 saturated carbocycles. The zero-order valence-corrected chi connectivity index (χ0v) is 6.02. The highest BCUT2D eigenvalue weighted by atomic mass is 15.4. The van der Waals surface area contributed by atoms with E-state index in [1.165, 1.54) is 0 Å². The van der Waals surface area contributed by atoms with Gasteiger partial charge in [-0.25, -0.2) is 0 Å². The first-order chi connectivity index (χ1) is 5.27. The fourth-order valence-electron chi connectivity index (χ4n) is 1.13. The van der Waals surface area contributed by atoms with Crippen LogP contribution in [0.5, 0.6) is 0 Å². The lowest BCUT2D eigenvalue weighted by molar-refractivity contribution is 1.14. The quantitative estimate of drug-likeness (QED) is 0.483. The van der Waals surface area contributed by atoms with Crippen molar-refractivity contribution in [1.29, 1.82) is 0 Å². The lowest BCUT2D eigenvalue weighted by atomic mass is 10.1. The second-order valence-electron chi connectivity index (χ2n) is 2.53. The van der Waals surface area contributed by atoms with E-state index >= 15 is 0 Å². The van der Waals surface area contributed by atoms with Crippen LogP contribution in [0.15, 0.2) is 24.8 Å². The van der Waals surface area contributed by atoms with E-state index in [-0.39, 0.29) is 0 Å². The van der Waals surface area contributed by atoms with Gasteiger partial charge in [-0.1, -0.05) is 6.58 Å². The Hall–Kier alpha value is -1.64. The summed E-state index contributed by atoms with van der Waals surface area (Å²) in [6, 6.07) is 5.67. The van der Waals surface area contributed by atoms with E-state index in [9.17, 15) is 0 Å². The van der Waals surface area contributed by atoms with Gasteiger partial charge in [0.05, 0.1) is 11.4 Å². The zero-order valence-electron chi connectivity index (χ0n) is 6.02. The minimum Gasteiger partial charge on any atom is -0.399 e. The third-order valence-corrected chi connectivity index (χ3v) is 1.72. The number of hydrazine groups is 1.